The van der Waals surface area contributed by atoms with Crippen molar-refractivity contribution in [1.29, 1.82) is 5.26 Å². The zero-order chi connectivity index (χ0) is 12.3. The zero-order valence-corrected chi connectivity index (χ0v) is 10.3. The Morgan fingerprint density at radius 1 is 0.941 bits per heavy atom. The smallest absolute Gasteiger partial charge is 0.0992 e. The van der Waals surface area contributed by atoms with Crippen molar-refractivity contribution in [2.45, 2.75) is 0 Å². The van der Waals surface area contributed by atoms with E-state index in [2.05, 4.69) is 11.4 Å². The molecule has 0 aliphatic rings. The van der Waals surface area contributed by atoms with Crippen molar-refractivity contribution in [1.82, 2.24) is 0 Å². The molecular formula is C13H8Cl2N2. The van der Waals surface area contributed by atoms with Crippen LogP contribution < -0.4 is 5.32 Å². The molecule has 0 amide bonds. The summed E-state index contributed by atoms with van der Waals surface area (Å²) in [4.78, 5) is 0. The highest BCUT2D eigenvalue weighted by Gasteiger charge is 1.99. The molecule has 0 fully saturated rings. The van der Waals surface area contributed by atoms with Gasteiger partial charge >= 0.3 is 0 Å². The Morgan fingerprint density at radius 3 is 2.29 bits per heavy atom. The van der Waals surface area contributed by atoms with Crippen LogP contribution in [0.5, 0.6) is 0 Å². The number of hydrogen-bond donors (Lipinski definition) is 1. The minimum atomic E-state index is 0.566. The number of nitrogens with zero attached hydrogens (tertiary/aromatic N) is 1. The SMILES string of the molecule is N#Cc1cccc(Nc2cc(Cl)cc(Cl)c2)c1. The number of rotatable bonds is 2. The number of nitrogens with one attached hydrogen (secondary N) is 1. The van der Waals surface area contributed by atoms with Gasteiger partial charge in [0.15, 0.2) is 0 Å². The summed E-state index contributed by atoms with van der Waals surface area (Å²) in [6.07, 6.45) is 0. The largest absolute Gasteiger partial charge is 0.355 e. The topological polar surface area (TPSA) is 35.8 Å². The molecule has 0 bridgehead atoms. The van der Waals surface area contributed by atoms with Crippen LogP contribution in [-0.2, 0) is 0 Å². The fourth-order valence-electron chi connectivity index (χ4n) is 1.46. The minimum Gasteiger partial charge on any atom is -0.355 e. The van der Waals surface area contributed by atoms with E-state index in [1.165, 1.54) is 0 Å². The van der Waals surface area contributed by atoms with E-state index in [-0.39, 0.29) is 0 Å². The molecule has 0 aromatic heterocycles. The third-order valence-corrected chi connectivity index (χ3v) is 2.58. The van der Waals surface area contributed by atoms with Crippen LogP contribution in [-0.4, -0.2) is 0 Å². The maximum Gasteiger partial charge on any atom is 0.0992 e. The van der Waals surface area contributed by atoms with Gasteiger partial charge in [-0.05, 0) is 36.4 Å². The predicted octanol–water partition coefficient (Wildman–Crippen LogP) is 4.61. The number of hydrogen-bond acceptors (Lipinski definition) is 2. The third-order valence-electron chi connectivity index (χ3n) is 2.14. The van der Waals surface area contributed by atoms with Crippen LogP contribution in [0.25, 0.3) is 0 Å². The lowest BCUT2D eigenvalue weighted by Gasteiger charge is -2.07. The molecule has 84 valence electrons. The Balaban J connectivity index is 2.28. The van der Waals surface area contributed by atoms with Gasteiger partial charge in [-0.1, -0.05) is 29.3 Å². The van der Waals surface area contributed by atoms with Gasteiger partial charge < -0.3 is 5.32 Å². The first-order chi connectivity index (χ1) is 8.17. The summed E-state index contributed by atoms with van der Waals surface area (Å²) in [6, 6.07) is 14.5. The van der Waals surface area contributed by atoms with Gasteiger partial charge in [0, 0.05) is 21.4 Å². The van der Waals surface area contributed by atoms with Crippen LogP contribution in [0.1, 0.15) is 5.56 Å². The van der Waals surface area contributed by atoms with Gasteiger partial charge in [-0.15, -0.1) is 0 Å². The first kappa shape index (κ1) is 11.8. The Hall–Kier alpha value is -1.69. The second kappa shape index (κ2) is 5.09. The van der Waals surface area contributed by atoms with E-state index < -0.39 is 0 Å². The standard InChI is InChI=1S/C13H8Cl2N2/c14-10-5-11(15)7-13(6-10)17-12-3-1-2-9(4-12)8-16/h1-7,17H. The molecule has 2 nitrogen and oxygen atoms in total. The van der Waals surface area contributed by atoms with Gasteiger partial charge in [0.05, 0.1) is 11.6 Å². The molecule has 0 aliphatic heterocycles. The molecule has 2 aromatic rings. The van der Waals surface area contributed by atoms with Crippen LogP contribution in [0, 0.1) is 11.3 Å². The summed E-state index contributed by atoms with van der Waals surface area (Å²) < 4.78 is 0. The number of halogens is 2. The van der Waals surface area contributed by atoms with E-state index in [1.54, 1.807) is 30.3 Å². The highest BCUT2D eigenvalue weighted by Crippen LogP contribution is 2.25. The third kappa shape index (κ3) is 3.13. The Morgan fingerprint density at radius 2 is 1.65 bits per heavy atom. The maximum atomic E-state index is 8.80. The molecule has 4 heteroatoms. The van der Waals surface area contributed by atoms with Crippen LogP contribution >= 0.6 is 23.2 Å². The van der Waals surface area contributed by atoms with E-state index in [1.807, 2.05) is 12.1 Å². The van der Waals surface area contributed by atoms with Gasteiger partial charge in [-0.25, -0.2) is 0 Å². The number of nitriles is 1. The Kier molecular flexibility index (Phi) is 3.53. The number of benzene rings is 2. The quantitative estimate of drug-likeness (QED) is 0.858. The average molecular weight is 263 g/mol. The van der Waals surface area contributed by atoms with E-state index in [0.717, 1.165) is 11.4 Å². The van der Waals surface area contributed by atoms with Crippen molar-refractivity contribution in [2.75, 3.05) is 5.32 Å². The van der Waals surface area contributed by atoms with Gasteiger partial charge in [0.1, 0.15) is 0 Å². The highest BCUT2D eigenvalue weighted by atomic mass is 35.5. The molecule has 0 aliphatic carbocycles. The molecule has 17 heavy (non-hydrogen) atoms. The number of anilines is 2. The van der Waals surface area contributed by atoms with Crippen molar-refractivity contribution in [3.05, 3.63) is 58.1 Å². The van der Waals surface area contributed by atoms with Crippen molar-refractivity contribution >= 4 is 34.6 Å². The molecule has 0 spiro atoms. The predicted molar refractivity (Wildman–Crippen MR) is 70.9 cm³/mol. The minimum absolute atomic E-state index is 0.566. The van der Waals surface area contributed by atoms with E-state index >= 15 is 0 Å². The van der Waals surface area contributed by atoms with E-state index in [4.69, 9.17) is 28.5 Å². The van der Waals surface area contributed by atoms with E-state index in [0.29, 0.717) is 15.6 Å². The molecular weight excluding hydrogens is 255 g/mol. The lowest BCUT2D eigenvalue weighted by Crippen LogP contribution is -1.90. The van der Waals surface area contributed by atoms with Gasteiger partial charge in [0.2, 0.25) is 0 Å². The maximum absolute atomic E-state index is 8.80. The summed E-state index contributed by atoms with van der Waals surface area (Å²) in [7, 11) is 0. The Labute approximate surface area is 109 Å². The molecule has 0 unspecified atom stereocenters. The normalized spacial score (nSPS) is 9.71. The zero-order valence-electron chi connectivity index (χ0n) is 8.74. The monoisotopic (exact) mass is 262 g/mol. The summed E-state index contributed by atoms with van der Waals surface area (Å²) in [6.45, 7) is 0. The molecule has 0 heterocycles. The first-order valence-corrected chi connectivity index (χ1v) is 5.66. The molecule has 2 rings (SSSR count). The van der Waals surface area contributed by atoms with Crippen molar-refractivity contribution < 1.29 is 0 Å². The first-order valence-electron chi connectivity index (χ1n) is 4.90. The summed E-state index contributed by atoms with van der Waals surface area (Å²) in [5, 5.41) is 13.1. The highest BCUT2D eigenvalue weighted by molar-refractivity contribution is 6.35. The second-order valence-electron chi connectivity index (χ2n) is 3.48. The van der Waals surface area contributed by atoms with Crippen molar-refractivity contribution in [3.8, 4) is 6.07 Å². The summed E-state index contributed by atoms with van der Waals surface area (Å²) in [5.74, 6) is 0. The van der Waals surface area contributed by atoms with Crippen molar-refractivity contribution in [3.63, 3.8) is 0 Å². The fourth-order valence-corrected chi connectivity index (χ4v) is 1.99. The van der Waals surface area contributed by atoms with Crippen LogP contribution in [0.4, 0.5) is 11.4 Å². The molecule has 2 aromatic carbocycles. The van der Waals surface area contributed by atoms with Crippen LogP contribution in [0.3, 0.4) is 0 Å². The van der Waals surface area contributed by atoms with Crippen molar-refractivity contribution in [2.24, 2.45) is 0 Å². The fraction of sp³-hybridized carbons (Fsp3) is 0. The lowest BCUT2D eigenvalue weighted by atomic mass is 10.2. The summed E-state index contributed by atoms with van der Waals surface area (Å²) in [5.41, 5.74) is 2.21. The van der Waals surface area contributed by atoms with Gasteiger partial charge in [0.25, 0.3) is 0 Å². The molecule has 0 saturated carbocycles. The molecule has 0 saturated heterocycles. The van der Waals surface area contributed by atoms with Gasteiger partial charge in [-0.2, -0.15) is 5.26 Å². The molecule has 0 radical (unpaired) electrons. The average Bonchev–Trinajstić information content (AvgIpc) is 2.28. The second-order valence-corrected chi connectivity index (χ2v) is 4.35. The molecule has 0 atom stereocenters. The molecule has 1 N–H and O–H groups in total. The summed E-state index contributed by atoms with van der Waals surface area (Å²) >= 11 is 11.8. The van der Waals surface area contributed by atoms with E-state index in [9.17, 15) is 0 Å². The lowest BCUT2D eigenvalue weighted by molar-refractivity contribution is 1.47. The van der Waals surface area contributed by atoms with Crippen LogP contribution in [0.15, 0.2) is 42.5 Å². The van der Waals surface area contributed by atoms with Crippen LogP contribution in [0.2, 0.25) is 10.0 Å². The van der Waals surface area contributed by atoms with Gasteiger partial charge in [-0.3, -0.25) is 0 Å². The Bertz CT molecular complexity index is 568.